The Labute approximate surface area is 84.3 Å². The first-order valence-corrected chi connectivity index (χ1v) is 4.55. The zero-order valence-corrected chi connectivity index (χ0v) is 7.69. The minimum atomic E-state index is -1.06. The van der Waals surface area contributed by atoms with E-state index in [1.54, 1.807) is 6.20 Å². The zero-order chi connectivity index (χ0) is 10.4. The van der Waals surface area contributed by atoms with Gasteiger partial charge in [0, 0.05) is 18.1 Å². The van der Waals surface area contributed by atoms with Gasteiger partial charge >= 0.3 is 5.97 Å². The van der Waals surface area contributed by atoms with Gasteiger partial charge in [0.15, 0.2) is 5.76 Å². The van der Waals surface area contributed by atoms with Crippen molar-refractivity contribution in [2.75, 3.05) is 0 Å². The van der Waals surface area contributed by atoms with E-state index in [1.807, 2.05) is 0 Å². The Morgan fingerprint density at radius 3 is 3.13 bits per heavy atom. The van der Waals surface area contributed by atoms with Gasteiger partial charge in [-0.05, 0) is 6.42 Å². The van der Waals surface area contributed by atoms with Gasteiger partial charge in [0.05, 0.1) is 11.8 Å². The molecule has 2 heterocycles. The van der Waals surface area contributed by atoms with Gasteiger partial charge in [0.25, 0.3) is 0 Å². The van der Waals surface area contributed by atoms with Crippen molar-refractivity contribution >= 4 is 5.97 Å². The third-order valence-electron chi connectivity index (χ3n) is 2.53. The molecule has 1 aliphatic rings. The minimum absolute atomic E-state index is 0.0516. The van der Waals surface area contributed by atoms with Crippen molar-refractivity contribution < 1.29 is 18.8 Å². The summed E-state index contributed by atoms with van der Waals surface area (Å²) < 4.78 is 10.3. The molecule has 2 aromatic rings. The van der Waals surface area contributed by atoms with Crippen molar-refractivity contribution in [2.45, 2.75) is 12.8 Å². The molecule has 0 unspecified atom stereocenters. The summed E-state index contributed by atoms with van der Waals surface area (Å²) in [6, 6.07) is 1.49. The van der Waals surface area contributed by atoms with Crippen LogP contribution in [0.1, 0.15) is 21.9 Å². The van der Waals surface area contributed by atoms with Gasteiger partial charge in [-0.2, -0.15) is 0 Å². The molecule has 0 spiro atoms. The molecule has 15 heavy (non-hydrogen) atoms. The molecule has 0 bridgehead atoms. The fourth-order valence-electron chi connectivity index (χ4n) is 1.82. The largest absolute Gasteiger partial charge is 0.475 e. The number of hydrogen-bond acceptors (Lipinski definition) is 4. The number of rotatable bonds is 1. The third kappa shape index (κ3) is 1.09. The summed E-state index contributed by atoms with van der Waals surface area (Å²) in [5.41, 5.74) is 1.71. The Bertz CT molecular complexity index is 537. The molecule has 0 amide bonds. The monoisotopic (exact) mass is 205 g/mol. The summed E-state index contributed by atoms with van der Waals surface area (Å²) in [4.78, 5) is 10.7. The van der Waals surface area contributed by atoms with Crippen LogP contribution in [0.3, 0.4) is 0 Å². The summed E-state index contributed by atoms with van der Waals surface area (Å²) in [7, 11) is 0. The number of carbonyl (C=O) groups is 1. The van der Waals surface area contributed by atoms with E-state index in [0.29, 0.717) is 23.5 Å². The molecule has 0 aromatic carbocycles. The van der Waals surface area contributed by atoms with E-state index in [0.717, 1.165) is 12.0 Å². The molecular weight excluding hydrogens is 198 g/mol. The lowest BCUT2D eigenvalue weighted by molar-refractivity contribution is 0.0660. The molecule has 0 aliphatic heterocycles. The number of aromatic nitrogens is 1. The first-order valence-electron chi connectivity index (χ1n) is 4.55. The van der Waals surface area contributed by atoms with Crippen LogP contribution in [0.4, 0.5) is 0 Å². The van der Waals surface area contributed by atoms with Crippen molar-refractivity contribution in [3.8, 4) is 11.3 Å². The molecule has 0 fully saturated rings. The van der Waals surface area contributed by atoms with Gasteiger partial charge in [-0.25, -0.2) is 4.79 Å². The Hall–Kier alpha value is -2.04. The highest BCUT2D eigenvalue weighted by Crippen LogP contribution is 2.35. The van der Waals surface area contributed by atoms with Gasteiger partial charge in [-0.15, -0.1) is 0 Å². The molecule has 2 aromatic heterocycles. The van der Waals surface area contributed by atoms with Crippen molar-refractivity contribution in [2.24, 2.45) is 0 Å². The van der Waals surface area contributed by atoms with E-state index in [-0.39, 0.29) is 5.76 Å². The SMILES string of the molecule is O=C(O)c1cc2c(o1)CCc1cnoc1-2. The summed E-state index contributed by atoms with van der Waals surface area (Å²) in [6.07, 6.45) is 3.13. The van der Waals surface area contributed by atoms with Crippen LogP contribution < -0.4 is 0 Å². The van der Waals surface area contributed by atoms with E-state index in [4.69, 9.17) is 14.0 Å². The first-order chi connectivity index (χ1) is 7.25. The average Bonchev–Trinajstić information content (AvgIpc) is 2.82. The molecule has 3 rings (SSSR count). The number of hydrogen-bond donors (Lipinski definition) is 1. The standard InChI is InChI=1S/C10H7NO4/c12-10(13)8-3-6-7(14-8)2-1-5-4-11-15-9(5)6/h3-4H,1-2H2,(H,12,13). The van der Waals surface area contributed by atoms with Crippen LogP contribution in [0, 0.1) is 0 Å². The van der Waals surface area contributed by atoms with Crippen molar-refractivity contribution in [3.05, 3.63) is 29.3 Å². The second-order valence-corrected chi connectivity index (χ2v) is 3.43. The van der Waals surface area contributed by atoms with E-state index >= 15 is 0 Å². The molecular formula is C10H7NO4. The summed E-state index contributed by atoms with van der Waals surface area (Å²) in [5, 5.41) is 12.5. The lowest BCUT2D eigenvalue weighted by atomic mass is 9.97. The van der Waals surface area contributed by atoms with Crippen LogP contribution in [0.5, 0.6) is 0 Å². The number of furan rings is 1. The number of nitrogens with zero attached hydrogens (tertiary/aromatic N) is 1. The second kappa shape index (κ2) is 2.73. The molecule has 76 valence electrons. The normalized spacial score (nSPS) is 13.3. The van der Waals surface area contributed by atoms with Crippen molar-refractivity contribution in [3.63, 3.8) is 0 Å². The maximum atomic E-state index is 10.7. The van der Waals surface area contributed by atoms with Crippen LogP contribution in [0.25, 0.3) is 11.3 Å². The molecule has 0 radical (unpaired) electrons. The van der Waals surface area contributed by atoms with Crippen LogP contribution >= 0.6 is 0 Å². The average molecular weight is 205 g/mol. The van der Waals surface area contributed by atoms with Crippen LogP contribution in [0.15, 0.2) is 21.2 Å². The molecule has 1 N–H and O–H groups in total. The third-order valence-corrected chi connectivity index (χ3v) is 2.53. The van der Waals surface area contributed by atoms with Crippen LogP contribution in [-0.2, 0) is 12.8 Å². The summed E-state index contributed by atoms with van der Waals surface area (Å²) in [6.45, 7) is 0. The first kappa shape index (κ1) is 8.28. The number of carboxylic acids is 1. The van der Waals surface area contributed by atoms with Crippen LogP contribution in [-0.4, -0.2) is 16.2 Å². The highest BCUT2D eigenvalue weighted by molar-refractivity contribution is 5.87. The van der Waals surface area contributed by atoms with E-state index in [2.05, 4.69) is 5.16 Å². The number of aromatic carboxylic acids is 1. The quantitative estimate of drug-likeness (QED) is 0.767. The minimum Gasteiger partial charge on any atom is -0.475 e. The molecule has 5 heteroatoms. The number of aryl methyl sites for hydroxylation is 2. The smallest absolute Gasteiger partial charge is 0.371 e. The molecule has 0 saturated carbocycles. The Morgan fingerprint density at radius 1 is 1.47 bits per heavy atom. The van der Waals surface area contributed by atoms with E-state index in [9.17, 15) is 4.79 Å². The van der Waals surface area contributed by atoms with Crippen molar-refractivity contribution in [1.82, 2.24) is 5.16 Å². The van der Waals surface area contributed by atoms with E-state index < -0.39 is 5.97 Å². The molecule has 5 nitrogen and oxygen atoms in total. The number of fused-ring (bicyclic) bond motifs is 3. The van der Waals surface area contributed by atoms with Crippen LogP contribution in [0.2, 0.25) is 0 Å². The lowest BCUT2D eigenvalue weighted by Gasteiger charge is -2.06. The molecule has 0 saturated heterocycles. The van der Waals surface area contributed by atoms with Gasteiger partial charge < -0.3 is 14.0 Å². The van der Waals surface area contributed by atoms with Gasteiger partial charge in [-0.3, -0.25) is 0 Å². The molecule has 1 aliphatic carbocycles. The predicted octanol–water partition coefficient (Wildman–Crippen LogP) is 1.73. The summed E-state index contributed by atoms with van der Waals surface area (Å²) >= 11 is 0. The Morgan fingerprint density at radius 2 is 2.33 bits per heavy atom. The highest BCUT2D eigenvalue weighted by atomic mass is 16.5. The lowest BCUT2D eigenvalue weighted by Crippen LogP contribution is -1.97. The highest BCUT2D eigenvalue weighted by Gasteiger charge is 2.26. The Balaban J connectivity index is 2.20. The maximum Gasteiger partial charge on any atom is 0.371 e. The number of carboxylic acid groups (broad SMARTS) is 1. The zero-order valence-electron chi connectivity index (χ0n) is 7.69. The van der Waals surface area contributed by atoms with E-state index in [1.165, 1.54) is 6.07 Å². The summed E-state index contributed by atoms with van der Waals surface area (Å²) in [5.74, 6) is 0.180. The van der Waals surface area contributed by atoms with Gasteiger partial charge in [-0.1, -0.05) is 5.16 Å². The van der Waals surface area contributed by atoms with Gasteiger partial charge in [0.2, 0.25) is 5.76 Å². The maximum absolute atomic E-state index is 10.7. The second-order valence-electron chi connectivity index (χ2n) is 3.43. The predicted molar refractivity (Wildman–Crippen MR) is 48.6 cm³/mol. The fraction of sp³-hybridized carbons (Fsp3) is 0.200. The topological polar surface area (TPSA) is 76.5 Å². The Kier molecular flexibility index (Phi) is 1.50. The van der Waals surface area contributed by atoms with Crippen molar-refractivity contribution in [1.29, 1.82) is 0 Å². The fourth-order valence-corrected chi connectivity index (χ4v) is 1.82. The molecule has 0 atom stereocenters. The van der Waals surface area contributed by atoms with Gasteiger partial charge in [0.1, 0.15) is 5.76 Å².